The van der Waals surface area contributed by atoms with Gasteiger partial charge in [0.05, 0.1) is 17.7 Å². The van der Waals surface area contributed by atoms with Crippen LogP contribution in [0, 0.1) is 17.2 Å². The van der Waals surface area contributed by atoms with E-state index < -0.39 is 0 Å². The summed E-state index contributed by atoms with van der Waals surface area (Å²) in [5.41, 5.74) is 1.90. The van der Waals surface area contributed by atoms with Crippen molar-refractivity contribution < 1.29 is 4.74 Å². The van der Waals surface area contributed by atoms with E-state index in [9.17, 15) is 0 Å². The number of hydrogen-bond acceptors (Lipinski definition) is 3. The minimum absolute atomic E-state index is 0.00602. The zero-order valence-electron chi connectivity index (χ0n) is 11.6. The highest BCUT2D eigenvalue weighted by Gasteiger charge is 2.05. The quantitative estimate of drug-likeness (QED) is 0.835. The lowest BCUT2D eigenvalue weighted by molar-refractivity contribution is 0.243. The Morgan fingerprint density at radius 3 is 2.68 bits per heavy atom. The molecule has 1 heterocycles. The smallest absolute Gasteiger partial charge is 0.120 e. The Bertz CT molecular complexity index is 614. The number of benzene rings is 1. The average molecular weight is 254 g/mol. The van der Waals surface area contributed by atoms with Crippen LogP contribution in [0.4, 0.5) is 0 Å². The third-order valence-corrected chi connectivity index (χ3v) is 2.83. The predicted octanol–water partition coefficient (Wildman–Crippen LogP) is 3.72. The van der Waals surface area contributed by atoms with Gasteiger partial charge in [-0.25, -0.2) is 0 Å². The van der Waals surface area contributed by atoms with Gasteiger partial charge in [-0.1, -0.05) is 6.07 Å². The Labute approximate surface area is 113 Å². The lowest BCUT2D eigenvalue weighted by Gasteiger charge is -2.10. The first-order valence-corrected chi connectivity index (χ1v) is 6.54. The number of ether oxygens (including phenoxy) is 1. The summed E-state index contributed by atoms with van der Waals surface area (Å²) >= 11 is 0. The predicted molar refractivity (Wildman–Crippen MR) is 76.0 cm³/mol. The Kier molecular flexibility index (Phi) is 4.01. The molecule has 0 N–H and O–H groups in total. The summed E-state index contributed by atoms with van der Waals surface area (Å²) < 4.78 is 5.66. The van der Waals surface area contributed by atoms with E-state index in [-0.39, 0.29) is 12.0 Å². The molecule has 0 fully saturated rings. The Hall–Kier alpha value is -2.08. The van der Waals surface area contributed by atoms with Crippen LogP contribution < -0.4 is 4.74 Å². The van der Waals surface area contributed by atoms with Gasteiger partial charge in [-0.2, -0.15) is 5.26 Å². The van der Waals surface area contributed by atoms with Crippen molar-refractivity contribution in [3.05, 3.63) is 36.0 Å². The Morgan fingerprint density at radius 2 is 2.00 bits per heavy atom. The molecule has 0 bridgehead atoms. The van der Waals surface area contributed by atoms with Crippen LogP contribution in [0.2, 0.25) is 0 Å². The first-order chi connectivity index (χ1) is 9.08. The first-order valence-electron chi connectivity index (χ1n) is 6.54. The van der Waals surface area contributed by atoms with Crippen LogP contribution in [0.25, 0.3) is 10.9 Å². The molecule has 1 atom stereocenters. The van der Waals surface area contributed by atoms with Crippen molar-refractivity contribution in [2.24, 2.45) is 5.92 Å². The van der Waals surface area contributed by atoms with E-state index in [4.69, 9.17) is 10.00 Å². The van der Waals surface area contributed by atoms with Crippen LogP contribution in [-0.4, -0.2) is 11.1 Å². The van der Waals surface area contributed by atoms with Crippen LogP contribution >= 0.6 is 0 Å². The molecule has 0 amide bonds. The molecule has 0 saturated carbocycles. The summed E-state index contributed by atoms with van der Waals surface area (Å²) in [6.07, 6.45) is 0.859. The largest absolute Gasteiger partial charge is 0.491 e. The molecular weight excluding hydrogens is 236 g/mol. The van der Waals surface area contributed by atoms with Crippen LogP contribution in [-0.2, 0) is 6.42 Å². The summed E-state index contributed by atoms with van der Waals surface area (Å²) in [5.74, 6) is 0.857. The van der Waals surface area contributed by atoms with Crippen molar-refractivity contribution in [2.75, 3.05) is 0 Å². The maximum absolute atomic E-state index is 8.84. The van der Waals surface area contributed by atoms with Crippen molar-refractivity contribution in [1.29, 1.82) is 5.26 Å². The number of nitriles is 1. The van der Waals surface area contributed by atoms with Gasteiger partial charge in [0.2, 0.25) is 0 Å². The van der Waals surface area contributed by atoms with Crippen molar-refractivity contribution >= 4 is 10.9 Å². The molecule has 98 valence electrons. The number of hydrogen-bond donors (Lipinski definition) is 0. The summed E-state index contributed by atoms with van der Waals surface area (Å²) in [6.45, 7) is 5.93. The van der Waals surface area contributed by atoms with Gasteiger partial charge >= 0.3 is 0 Å². The highest BCUT2D eigenvalue weighted by molar-refractivity contribution is 5.80. The summed E-state index contributed by atoms with van der Waals surface area (Å²) in [7, 11) is 0. The van der Waals surface area contributed by atoms with E-state index in [0.29, 0.717) is 6.42 Å². The Morgan fingerprint density at radius 1 is 1.21 bits per heavy atom. The topological polar surface area (TPSA) is 45.9 Å². The van der Waals surface area contributed by atoms with Gasteiger partial charge in [-0.05, 0) is 45.0 Å². The van der Waals surface area contributed by atoms with E-state index >= 15 is 0 Å². The number of fused-ring (bicyclic) bond motifs is 1. The van der Waals surface area contributed by atoms with Crippen LogP contribution in [0.1, 0.15) is 26.5 Å². The van der Waals surface area contributed by atoms with Gasteiger partial charge in [-0.3, -0.25) is 4.98 Å². The molecule has 3 heteroatoms. The van der Waals surface area contributed by atoms with E-state index in [1.54, 1.807) is 0 Å². The number of nitrogens with zero attached hydrogens (tertiary/aromatic N) is 2. The molecule has 1 aromatic heterocycles. The number of aromatic nitrogens is 1. The van der Waals surface area contributed by atoms with Gasteiger partial charge in [-0.15, -0.1) is 0 Å². The molecule has 3 nitrogen and oxygen atoms in total. The third-order valence-electron chi connectivity index (χ3n) is 2.83. The lowest BCUT2D eigenvalue weighted by Crippen LogP contribution is -2.05. The normalized spacial score (nSPS) is 12.4. The molecule has 0 aliphatic carbocycles. The zero-order chi connectivity index (χ0) is 13.8. The standard InChI is InChI=1S/C16H18N2O/c1-11(2)19-15-6-7-16-13(9-15)4-5-14(18-16)8-12(3)10-17/h4-7,9,11-12H,8H2,1-3H3. The second kappa shape index (κ2) is 5.71. The van der Waals surface area contributed by atoms with Gasteiger partial charge < -0.3 is 4.74 Å². The maximum atomic E-state index is 8.84. The highest BCUT2D eigenvalue weighted by Crippen LogP contribution is 2.21. The Balaban J connectivity index is 2.28. The SMILES string of the molecule is CC(C#N)Cc1ccc2cc(OC(C)C)ccc2n1. The molecular formula is C16H18N2O. The lowest BCUT2D eigenvalue weighted by atomic mass is 10.1. The number of pyridine rings is 1. The average Bonchev–Trinajstić information content (AvgIpc) is 2.38. The second-order valence-corrected chi connectivity index (χ2v) is 5.06. The minimum Gasteiger partial charge on any atom is -0.491 e. The van der Waals surface area contributed by atoms with E-state index in [1.165, 1.54) is 0 Å². The van der Waals surface area contributed by atoms with Crippen LogP contribution in [0.3, 0.4) is 0 Å². The van der Waals surface area contributed by atoms with Gasteiger partial charge in [0.1, 0.15) is 5.75 Å². The molecule has 2 rings (SSSR count). The molecule has 1 unspecified atom stereocenters. The number of rotatable bonds is 4. The molecule has 0 aliphatic heterocycles. The van der Waals surface area contributed by atoms with Crippen molar-refractivity contribution in [3.8, 4) is 11.8 Å². The molecule has 0 saturated heterocycles. The fourth-order valence-corrected chi connectivity index (χ4v) is 1.96. The van der Waals surface area contributed by atoms with Crippen molar-refractivity contribution in [1.82, 2.24) is 4.98 Å². The molecule has 0 radical (unpaired) electrons. The fourth-order valence-electron chi connectivity index (χ4n) is 1.96. The molecule has 1 aromatic carbocycles. The highest BCUT2D eigenvalue weighted by atomic mass is 16.5. The molecule has 19 heavy (non-hydrogen) atoms. The third kappa shape index (κ3) is 3.45. The van der Waals surface area contributed by atoms with Crippen LogP contribution in [0.5, 0.6) is 5.75 Å². The van der Waals surface area contributed by atoms with Gasteiger partial charge in [0.15, 0.2) is 0 Å². The van der Waals surface area contributed by atoms with E-state index in [1.807, 2.05) is 51.1 Å². The maximum Gasteiger partial charge on any atom is 0.120 e. The monoisotopic (exact) mass is 254 g/mol. The van der Waals surface area contributed by atoms with Crippen LogP contribution in [0.15, 0.2) is 30.3 Å². The fraction of sp³-hybridized carbons (Fsp3) is 0.375. The zero-order valence-corrected chi connectivity index (χ0v) is 11.6. The van der Waals surface area contributed by atoms with E-state index in [2.05, 4.69) is 11.1 Å². The van der Waals surface area contributed by atoms with Crippen molar-refractivity contribution in [3.63, 3.8) is 0 Å². The van der Waals surface area contributed by atoms with Crippen molar-refractivity contribution in [2.45, 2.75) is 33.3 Å². The van der Waals surface area contributed by atoms with Gasteiger partial charge in [0, 0.05) is 23.4 Å². The molecule has 2 aromatic rings. The second-order valence-electron chi connectivity index (χ2n) is 5.06. The molecule has 0 spiro atoms. The summed E-state index contributed by atoms with van der Waals surface area (Å²) in [6, 6.07) is 12.2. The van der Waals surface area contributed by atoms with Gasteiger partial charge in [0.25, 0.3) is 0 Å². The van der Waals surface area contributed by atoms with E-state index in [0.717, 1.165) is 22.3 Å². The summed E-state index contributed by atoms with van der Waals surface area (Å²) in [4.78, 5) is 4.58. The first kappa shape index (κ1) is 13.4. The summed E-state index contributed by atoms with van der Waals surface area (Å²) in [5, 5.41) is 9.90. The minimum atomic E-state index is -0.00602. The molecule has 0 aliphatic rings.